The molecule has 8 heteroatoms. The van der Waals surface area contributed by atoms with Gasteiger partial charge in [-0.3, -0.25) is 4.79 Å². The molecule has 0 saturated carbocycles. The van der Waals surface area contributed by atoms with Crippen molar-refractivity contribution in [2.45, 2.75) is 33.0 Å². The van der Waals surface area contributed by atoms with Crippen molar-refractivity contribution in [3.05, 3.63) is 59.9 Å². The average Bonchev–Trinajstić information content (AvgIpc) is 3.18. The Hall–Kier alpha value is -3.52. The zero-order valence-electron chi connectivity index (χ0n) is 20.1. The van der Waals surface area contributed by atoms with Crippen molar-refractivity contribution < 1.29 is 23.5 Å². The van der Waals surface area contributed by atoms with Crippen LogP contribution in [0.15, 0.2) is 52.9 Å². The summed E-state index contributed by atoms with van der Waals surface area (Å²) >= 11 is 0. The molecule has 0 unspecified atom stereocenters. The van der Waals surface area contributed by atoms with E-state index in [9.17, 15) is 9.59 Å². The van der Waals surface area contributed by atoms with Gasteiger partial charge in [-0.25, -0.2) is 4.79 Å². The van der Waals surface area contributed by atoms with Crippen molar-refractivity contribution >= 4 is 34.3 Å². The highest BCUT2D eigenvalue weighted by Crippen LogP contribution is 2.28. The maximum atomic E-state index is 12.9. The van der Waals surface area contributed by atoms with Crippen molar-refractivity contribution in [3.63, 3.8) is 0 Å². The molecule has 1 aliphatic heterocycles. The molecule has 0 radical (unpaired) electrons. The van der Waals surface area contributed by atoms with Gasteiger partial charge in [-0.15, -0.1) is 0 Å². The van der Waals surface area contributed by atoms with Crippen LogP contribution in [0.5, 0.6) is 0 Å². The summed E-state index contributed by atoms with van der Waals surface area (Å²) in [5.41, 5.74) is 2.59. The van der Waals surface area contributed by atoms with Gasteiger partial charge in [0.05, 0.1) is 6.61 Å². The standard InChI is InChI=1S/C26H31N3O5/c1-26(2,3)34-25(31)29-15-13-28(14-16-29)19-11-9-18(10-12-19)27-24(30)23-21(17-32-4)20-7-5-6-8-22(20)33-23/h5-12H,13-17H2,1-4H3,(H,27,30). The number of fused-ring (bicyclic) bond motifs is 1. The third-order valence-corrected chi connectivity index (χ3v) is 5.61. The van der Waals surface area contributed by atoms with Gasteiger partial charge >= 0.3 is 6.09 Å². The number of ether oxygens (including phenoxy) is 2. The minimum absolute atomic E-state index is 0.255. The Kier molecular flexibility index (Phi) is 6.79. The normalized spacial score (nSPS) is 14.4. The molecule has 1 fully saturated rings. The summed E-state index contributed by atoms with van der Waals surface area (Å²) in [6.45, 7) is 8.52. The third kappa shape index (κ3) is 5.34. The monoisotopic (exact) mass is 465 g/mol. The van der Waals surface area contributed by atoms with Gasteiger partial charge in [0, 0.05) is 55.6 Å². The lowest BCUT2D eigenvalue weighted by Crippen LogP contribution is -2.50. The molecule has 3 aromatic rings. The first-order chi connectivity index (χ1) is 16.2. The highest BCUT2D eigenvalue weighted by atomic mass is 16.6. The Bertz CT molecular complexity index is 1160. The van der Waals surface area contributed by atoms with Crippen LogP contribution in [0, 0.1) is 0 Å². The van der Waals surface area contributed by atoms with E-state index in [4.69, 9.17) is 13.9 Å². The average molecular weight is 466 g/mol. The van der Waals surface area contributed by atoms with Crippen LogP contribution in [0.1, 0.15) is 36.9 Å². The van der Waals surface area contributed by atoms with Gasteiger partial charge in [0.25, 0.3) is 5.91 Å². The maximum absolute atomic E-state index is 12.9. The number of nitrogens with one attached hydrogen (secondary N) is 1. The molecule has 0 bridgehead atoms. The van der Waals surface area contributed by atoms with Gasteiger partial charge in [-0.1, -0.05) is 18.2 Å². The Morgan fingerprint density at radius 1 is 1.00 bits per heavy atom. The van der Waals surface area contributed by atoms with E-state index in [1.54, 1.807) is 12.0 Å². The molecule has 180 valence electrons. The molecule has 1 aromatic heterocycles. The molecule has 2 aromatic carbocycles. The molecule has 1 saturated heterocycles. The molecule has 2 heterocycles. The summed E-state index contributed by atoms with van der Waals surface area (Å²) < 4.78 is 16.6. The lowest BCUT2D eigenvalue weighted by Gasteiger charge is -2.36. The van der Waals surface area contributed by atoms with Crippen LogP contribution < -0.4 is 10.2 Å². The highest BCUT2D eigenvalue weighted by Gasteiger charge is 2.26. The number of rotatable bonds is 5. The maximum Gasteiger partial charge on any atom is 0.410 e. The lowest BCUT2D eigenvalue weighted by atomic mass is 10.1. The summed E-state index contributed by atoms with van der Waals surface area (Å²) in [5, 5.41) is 3.79. The van der Waals surface area contributed by atoms with E-state index in [0.717, 1.165) is 16.6 Å². The lowest BCUT2D eigenvalue weighted by molar-refractivity contribution is 0.0240. The minimum atomic E-state index is -0.499. The highest BCUT2D eigenvalue weighted by molar-refractivity contribution is 6.06. The predicted octanol–water partition coefficient (Wildman–Crippen LogP) is 4.89. The van der Waals surface area contributed by atoms with Gasteiger partial charge < -0.3 is 29.0 Å². The van der Waals surface area contributed by atoms with Crippen LogP contribution in [-0.4, -0.2) is 55.8 Å². The third-order valence-electron chi connectivity index (χ3n) is 5.61. The first-order valence-corrected chi connectivity index (χ1v) is 11.4. The summed E-state index contributed by atoms with van der Waals surface area (Å²) in [6.07, 6.45) is -0.274. The van der Waals surface area contributed by atoms with E-state index < -0.39 is 5.60 Å². The summed E-state index contributed by atoms with van der Waals surface area (Å²) in [7, 11) is 1.59. The van der Waals surface area contributed by atoms with E-state index in [0.29, 0.717) is 37.4 Å². The van der Waals surface area contributed by atoms with Gasteiger partial charge in [0.1, 0.15) is 11.2 Å². The first kappa shape index (κ1) is 23.6. The Labute approximate surface area is 199 Å². The number of carbonyl (C=O) groups is 2. The van der Waals surface area contributed by atoms with E-state index in [2.05, 4.69) is 10.2 Å². The number of anilines is 2. The smallest absolute Gasteiger partial charge is 0.410 e. The van der Waals surface area contributed by atoms with Gasteiger partial charge in [0.2, 0.25) is 0 Å². The summed E-state index contributed by atoms with van der Waals surface area (Å²) in [4.78, 5) is 29.2. The molecular formula is C26H31N3O5. The number of methoxy groups -OCH3 is 1. The molecule has 0 atom stereocenters. The molecule has 1 aliphatic rings. The second-order valence-corrected chi connectivity index (χ2v) is 9.29. The summed E-state index contributed by atoms with van der Waals surface area (Å²) in [5.74, 6) is -0.0626. The quantitative estimate of drug-likeness (QED) is 0.578. The fourth-order valence-corrected chi connectivity index (χ4v) is 3.99. The van der Waals surface area contributed by atoms with E-state index in [1.165, 1.54) is 0 Å². The molecule has 0 aliphatic carbocycles. The predicted molar refractivity (Wildman–Crippen MR) is 131 cm³/mol. The van der Waals surface area contributed by atoms with E-state index >= 15 is 0 Å². The van der Waals surface area contributed by atoms with Gasteiger partial charge in [-0.2, -0.15) is 0 Å². The van der Waals surface area contributed by atoms with Crippen LogP contribution in [0.2, 0.25) is 0 Å². The van der Waals surface area contributed by atoms with Crippen LogP contribution in [0.25, 0.3) is 11.0 Å². The molecular weight excluding hydrogens is 434 g/mol. The van der Waals surface area contributed by atoms with E-state index in [1.807, 2.05) is 69.3 Å². The van der Waals surface area contributed by atoms with Crippen molar-refractivity contribution in [2.24, 2.45) is 0 Å². The van der Waals surface area contributed by atoms with Crippen LogP contribution >= 0.6 is 0 Å². The Morgan fingerprint density at radius 3 is 2.32 bits per heavy atom. The van der Waals surface area contributed by atoms with Crippen molar-refractivity contribution in [1.82, 2.24) is 4.90 Å². The number of hydrogen-bond acceptors (Lipinski definition) is 6. The van der Waals surface area contributed by atoms with E-state index in [-0.39, 0.29) is 24.4 Å². The molecule has 4 rings (SSSR count). The Balaban J connectivity index is 1.38. The number of piperazine rings is 1. The number of para-hydroxylation sites is 1. The van der Waals surface area contributed by atoms with Gasteiger partial charge in [0.15, 0.2) is 5.76 Å². The molecule has 8 nitrogen and oxygen atoms in total. The largest absolute Gasteiger partial charge is 0.451 e. The number of hydrogen-bond donors (Lipinski definition) is 1. The fourth-order valence-electron chi connectivity index (χ4n) is 3.99. The topological polar surface area (TPSA) is 84.2 Å². The van der Waals surface area contributed by atoms with Crippen LogP contribution in [0.3, 0.4) is 0 Å². The fraction of sp³-hybridized carbons (Fsp3) is 0.385. The SMILES string of the molecule is COCc1c(C(=O)Nc2ccc(N3CCN(C(=O)OC(C)(C)C)CC3)cc2)oc2ccccc12. The van der Waals surface area contributed by atoms with Crippen molar-refractivity contribution in [2.75, 3.05) is 43.5 Å². The number of carbonyl (C=O) groups excluding carboxylic acids is 2. The van der Waals surface area contributed by atoms with Crippen molar-refractivity contribution in [3.8, 4) is 0 Å². The summed E-state index contributed by atoms with van der Waals surface area (Å²) in [6, 6.07) is 15.2. The second-order valence-electron chi connectivity index (χ2n) is 9.29. The Morgan fingerprint density at radius 2 is 1.68 bits per heavy atom. The van der Waals surface area contributed by atoms with Crippen LogP contribution in [-0.2, 0) is 16.1 Å². The zero-order valence-corrected chi connectivity index (χ0v) is 20.1. The minimum Gasteiger partial charge on any atom is -0.451 e. The number of benzene rings is 2. The molecule has 0 spiro atoms. The van der Waals surface area contributed by atoms with Crippen molar-refractivity contribution in [1.29, 1.82) is 0 Å². The first-order valence-electron chi connectivity index (χ1n) is 11.4. The number of nitrogens with zero attached hydrogens (tertiary/aromatic N) is 2. The van der Waals surface area contributed by atoms with Crippen LogP contribution in [0.4, 0.5) is 16.2 Å². The molecule has 34 heavy (non-hydrogen) atoms. The second kappa shape index (κ2) is 9.77. The number of amides is 2. The molecule has 2 amide bonds. The molecule has 1 N–H and O–H groups in total. The van der Waals surface area contributed by atoms with Gasteiger partial charge in [-0.05, 0) is 51.1 Å². The zero-order chi connectivity index (χ0) is 24.3. The number of furan rings is 1.